The van der Waals surface area contributed by atoms with E-state index in [0.717, 1.165) is 24.3 Å². The third-order valence-electron chi connectivity index (χ3n) is 6.40. The molecule has 2 heterocycles. The fourth-order valence-corrected chi connectivity index (χ4v) is 4.23. The molecule has 31 heavy (non-hydrogen) atoms. The van der Waals surface area contributed by atoms with E-state index in [1.165, 1.54) is 30.7 Å². The number of aliphatic imine (C=N–C) groups is 1. The molecule has 0 radical (unpaired) electrons. The summed E-state index contributed by atoms with van der Waals surface area (Å²) in [5.74, 6) is 8.68. The van der Waals surface area contributed by atoms with Crippen LogP contribution < -0.4 is 27.1 Å². The van der Waals surface area contributed by atoms with Crippen molar-refractivity contribution in [2.75, 3.05) is 13.6 Å². The Hall–Kier alpha value is -2.52. The zero-order valence-electron chi connectivity index (χ0n) is 18.7. The van der Waals surface area contributed by atoms with Crippen molar-refractivity contribution in [1.82, 2.24) is 20.8 Å². The maximum Gasteiger partial charge on any atom is 0.218 e. The number of rotatable bonds is 7. The fourth-order valence-electron chi connectivity index (χ4n) is 4.23. The highest BCUT2D eigenvalue weighted by molar-refractivity contribution is 5.80. The molecule has 3 aliphatic rings. The number of ether oxygens (including phenoxy) is 1. The number of nitrogens with one attached hydrogen (secondary N) is 2. The van der Waals surface area contributed by atoms with Gasteiger partial charge in [0.05, 0.1) is 35.4 Å². The normalized spacial score (nSPS) is 28.0. The van der Waals surface area contributed by atoms with Crippen LogP contribution in [-0.2, 0) is 4.84 Å². The lowest BCUT2D eigenvalue weighted by atomic mass is 9.98. The molecular formula is C22H35N7O2. The van der Waals surface area contributed by atoms with Gasteiger partial charge >= 0.3 is 0 Å². The van der Waals surface area contributed by atoms with Crippen LogP contribution in [0.15, 0.2) is 22.8 Å². The minimum absolute atomic E-state index is 0.0323. The molecule has 9 nitrogen and oxygen atoms in total. The van der Waals surface area contributed by atoms with E-state index >= 15 is 0 Å². The van der Waals surface area contributed by atoms with E-state index in [1.807, 2.05) is 19.1 Å². The molecule has 4 rings (SSSR count). The Morgan fingerprint density at radius 1 is 1.32 bits per heavy atom. The molecule has 2 aliphatic carbocycles. The molecule has 1 aromatic rings. The Morgan fingerprint density at radius 2 is 2.06 bits per heavy atom. The SMILES string of the molecule is Cc1nc(/C(N)=C(\CN=C2NOC(C3CC3C)N2)N(C)N)ccc1OC1CCCCC1. The van der Waals surface area contributed by atoms with E-state index < -0.39 is 0 Å². The first-order valence-corrected chi connectivity index (χ1v) is 11.3. The van der Waals surface area contributed by atoms with Gasteiger partial charge in [0, 0.05) is 13.0 Å². The minimum Gasteiger partial charge on any atom is -0.489 e. The van der Waals surface area contributed by atoms with Gasteiger partial charge in [-0.2, -0.15) is 0 Å². The summed E-state index contributed by atoms with van der Waals surface area (Å²) in [6, 6.07) is 3.84. The maximum atomic E-state index is 6.45. The van der Waals surface area contributed by atoms with Gasteiger partial charge in [0.2, 0.25) is 5.96 Å². The van der Waals surface area contributed by atoms with E-state index in [-0.39, 0.29) is 12.3 Å². The second kappa shape index (κ2) is 9.32. The lowest BCUT2D eigenvalue weighted by Crippen LogP contribution is -2.32. The number of pyridine rings is 1. The highest BCUT2D eigenvalue weighted by Gasteiger charge is 2.43. The van der Waals surface area contributed by atoms with Crippen molar-refractivity contribution in [1.29, 1.82) is 0 Å². The van der Waals surface area contributed by atoms with Crippen molar-refractivity contribution in [3.05, 3.63) is 29.2 Å². The first-order valence-electron chi connectivity index (χ1n) is 11.3. The molecule has 3 fully saturated rings. The topological polar surface area (TPSA) is 123 Å². The van der Waals surface area contributed by atoms with Crippen molar-refractivity contribution < 1.29 is 9.57 Å². The summed E-state index contributed by atoms with van der Waals surface area (Å²) in [5, 5.41) is 4.76. The number of guanidine groups is 1. The maximum absolute atomic E-state index is 6.45. The Labute approximate surface area is 184 Å². The average molecular weight is 430 g/mol. The van der Waals surface area contributed by atoms with E-state index in [4.69, 9.17) is 21.2 Å². The first-order chi connectivity index (χ1) is 14.9. The van der Waals surface area contributed by atoms with Crippen molar-refractivity contribution in [2.24, 2.45) is 28.4 Å². The molecule has 3 unspecified atom stereocenters. The molecule has 9 heteroatoms. The summed E-state index contributed by atoms with van der Waals surface area (Å²) in [4.78, 5) is 14.8. The van der Waals surface area contributed by atoms with Crippen LogP contribution in [0.2, 0.25) is 0 Å². The molecule has 1 saturated heterocycles. The number of aryl methyl sites for hydroxylation is 1. The predicted molar refractivity (Wildman–Crippen MR) is 120 cm³/mol. The van der Waals surface area contributed by atoms with Crippen LogP contribution in [-0.4, -0.2) is 41.9 Å². The molecule has 1 aromatic heterocycles. The molecule has 0 bridgehead atoms. The molecule has 3 atom stereocenters. The second-order valence-electron chi connectivity index (χ2n) is 8.96. The van der Waals surface area contributed by atoms with Crippen LogP contribution >= 0.6 is 0 Å². The highest BCUT2D eigenvalue weighted by atomic mass is 16.7. The average Bonchev–Trinajstić information content (AvgIpc) is 3.29. The number of aromatic nitrogens is 1. The van der Waals surface area contributed by atoms with Crippen LogP contribution in [0, 0.1) is 18.8 Å². The minimum atomic E-state index is -0.0323. The van der Waals surface area contributed by atoms with Crippen molar-refractivity contribution in [3.63, 3.8) is 0 Å². The molecule has 2 saturated carbocycles. The van der Waals surface area contributed by atoms with Crippen molar-refractivity contribution in [2.45, 2.75) is 64.7 Å². The number of likely N-dealkylation sites (N-methyl/N-ethyl adjacent to an activating group) is 1. The summed E-state index contributed by atoms with van der Waals surface area (Å²) >= 11 is 0. The van der Waals surface area contributed by atoms with Gasteiger partial charge in [0.15, 0.2) is 6.23 Å². The molecule has 6 N–H and O–H groups in total. The lowest BCUT2D eigenvalue weighted by Gasteiger charge is -2.24. The second-order valence-corrected chi connectivity index (χ2v) is 8.96. The lowest BCUT2D eigenvalue weighted by molar-refractivity contribution is 0.0197. The number of nitrogens with zero attached hydrogens (tertiary/aromatic N) is 3. The van der Waals surface area contributed by atoms with Crippen LogP contribution in [0.3, 0.4) is 0 Å². The molecule has 170 valence electrons. The zero-order chi connectivity index (χ0) is 22.0. The Kier molecular flexibility index (Phi) is 6.52. The molecule has 0 amide bonds. The monoisotopic (exact) mass is 429 g/mol. The summed E-state index contributed by atoms with van der Waals surface area (Å²) in [5.41, 5.74) is 12.0. The van der Waals surface area contributed by atoms with Crippen molar-refractivity contribution in [3.8, 4) is 5.75 Å². The van der Waals surface area contributed by atoms with Crippen LogP contribution in [0.4, 0.5) is 0 Å². The van der Waals surface area contributed by atoms with Gasteiger partial charge < -0.3 is 20.8 Å². The standard InChI is InChI=1S/C22H35N7O2/c1-13-11-16(13)21-27-22(28-31-21)25-12-18(29(3)24)20(23)17-9-10-19(14(2)26-17)30-15-7-5-4-6-8-15/h9-10,13,15-16,21H,4-8,11-12,23-24H2,1-3H3,(H2,25,27,28)/b20-18-. The Bertz CT molecular complexity index is 848. The van der Waals surface area contributed by atoms with Gasteiger partial charge in [0.25, 0.3) is 0 Å². The third-order valence-corrected chi connectivity index (χ3v) is 6.40. The fraction of sp³-hybridized carbons (Fsp3) is 0.636. The predicted octanol–water partition coefficient (Wildman–Crippen LogP) is 2.00. The largest absolute Gasteiger partial charge is 0.489 e. The molecular weight excluding hydrogens is 394 g/mol. The van der Waals surface area contributed by atoms with Crippen LogP contribution in [0.5, 0.6) is 5.75 Å². The molecule has 0 aromatic carbocycles. The summed E-state index contributed by atoms with van der Waals surface area (Å²) in [6.45, 7) is 4.46. The summed E-state index contributed by atoms with van der Waals surface area (Å²) in [7, 11) is 1.75. The van der Waals surface area contributed by atoms with Gasteiger partial charge in [-0.1, -0.05) is 13.3 Å². The zero-order valence-corrected chi connectivity index (χ0v) is 18.7. The Balaban J connectivity index is 1.44. The van der Waals surface area contributed by atoms with Gasteiger partial charge in [-0.25, -0.2) is 26.1 Å². The van der Waals surface area contributed by atoms with Gasteiger partial charge in [-0.3, -0.25) is 0 Å². The first kappa shape index (κ1) is 21.7. The van der Waals surface area contributed by atoms with Gasteiger partial charge in [-0.05, 0) is 57.1 Å². The van der Waals surface area contributed by atoms with Crippen LogP contribution in [0.1, 0.15) is 56.8 Å². The van der Waals surface area contributed by atoms with Crippen molar-refractivity contribution >= 4 is 11.7 Å². The Morgan fingerprint density at radius 3 is 2.71 bits per heavy atom. The van der Waals surface area contributed by atoms with E-state index in [2.05, 4.69) is 27.7 Å². The number of hydrogen-bond donors (Lipinski definition) is 4. The quantitative estimate of drug-likeness (QED) is 0.383. The number of hydrazine groups is 1. The smallest absolute Gasteiger partial charge is 0.218 e. The molecule has 1 aliphatic heterocycles. The van der Waals surface area contributed by atoms with E-state index in [9.17, 15) is 0 Å². The molecule has 0 spiro atoms. The van der Waals surface area contributed by atoms with E-state index in [0.29, 0.717) is 41.4 Å². The summed E-state index contributed by atoms with van der Waals surface area (Å²) in [6.07, 6.45) is 7.40. The number of hydroxylamine groups is 1. The summed E-state index contributed by atoms with van der Waals surface area (Å²) < 4.78 is 6.18. The highest BCUT2D eigenvalue weighted by Crippen LogP contribution is 2.41. The van der Waals surface area contributed by atoms with Gasteiger partial charge in [-0.15, -0.1) is 0 Å². The van der Waals surface area contributed by atoms with E-state index in [1.54, 1.807) is 7.05 Å². The third kappa shape index (κ3) is 5.22. The number of hydrogen-bond acceptors (Lipinski definition) is 7. The van der Waals surface area contributed by atoms with Crippen LogP contribution in [0.25, 0.3) is 5.70 Å². The number of nitrogens with two attached hydrogens (primary N) is 2. The van der Waals surface area contributed by atoms with Gasteiger partial charge in [0.1, 0.15) is 5.75 Å².